The molecule has 0 saturated carbocycles. The van der Waals surface area contributed by atoms with Gasteiger partial charge < -0.3 is 20.1 Å². The molecule has 0 aliphatic rings. The number of rotatable bonds is 17. The number of carbonyl (C=O) groups excluding carboxylic acids is 1. The predicted molar refractivity (Wildman–Crippen MR) is 98.7 cm³/mol. The Bertz CT molecular complexity index is 236. The van der Waals surface area contributed by atoms with E-state index < -0.39 is 5.97 Å². The van der Waals surface area contributed by atoms with Gasteiger partial charge in [-0.15, -0.1) is 0 Å². The van der Waals surface area contributed by atoms with Crippen LogP contribution in [-0.4, -0.2) is 29.4 Å². The SMILES string of the molecule is CCCCCCCCCCCCCCCCCC(=O)[O-].OCCO.[Na+]. The summed E-state index contributed by atoms with van der Waals surface area (Å²) in [7, 11) is 0. The van der Waals surface area contributed by atoms with E-state index in [1.165, 1.54) is 83.5 Å². The first kappa shape index (κ1) is 30.1. The van der Waals surface area contributed by atoms with E-state index in [2.05, 4.69) is 6.92 Å². The van der Waals surface area contributed by atoms with E-state index in [0.29, 0.717) is 0 Å². The molecule has 0 aliphatic heterocycles. The van der Waals surface area contributed by atoms with Crippen molar-refractivity contribution in [1.29, 1.82) is 0 Å². The fourth-order valence-electron chi connectivity index (χ4n) is 2.64. The molecule has 0 aromatic rings. The third-order valence-corrected chi connectivity index (χ3v) is 4.08. The van der Waals surface area contributed by atoms with Crippen LogP contribution in [0.25, 0.3) is 0 Å². The van der Waals surface area contributed by atoms with Crippen molar-refractivity contribution in [3.63, 3.8) is 0 Å². The van der Waals surface area contributed by atoms with E-state index in [9.17, 15) is 9.90 Å². The second-order valence-electron chi connectivity index (χ2n) is 6.52. The van der Waals surface area contributed by atoms with Crippen LogP contribution in [0.3, 0.4) is 0 Å². The van der Waals surface area contributed by atoms with Crippen molar-refractivity contribution < 1.29 is 49.7 Å². The average molecular weight is 369 g/mol. The Morgan fingerprint density at radius 1 is 0.640 bits per heavy atom. The second-order valence-corrected chi connectivity index (χ2v) is 6.52. The van der Waals surface area contributed by atoms with Gasteiger partial charge in [0.25, 0.3) is 0 Å². The van der Waals surface area contributed by atoms with E-state index in [0.717, 1.165) is 12.8 Å². The largest absolute Gasteiger partial charge is 1.00 e. The van der Waals surface area contributed by atoms with Gasteiger partial charge in [0.1, 0.15) is 0 Å². The van der Waals surface area contributed by atoms with Gasteiger partial charge in [0.15, 0.2) is 0 Å². The monoisotopic (exact) mass is 368 g/mol. The molecule has 0 rings (SSSR count). The summed E-state index contributed by atoms with van der Waals surface area (Å²) in [6, 6.07) is 0. The molecule has 0 atom stereocenters. The van der Waals surface area contributed by atoms with Gasteiger partial charge in [-0.3, -0.25) is 0 Å². The van der Waals surface area contributed by atoms with Gasteiger partial charge in [0, 0.05) is 5.97 Å². The number of aliphatic hydroxyl groups is 2. The fraction of sp³-hybridized carbons (Fsp3) is 0.950. The maximum absolute atomic E-state index is 10.2. The molecule has 0 unspecified atom stereocenters. The minimum absolute atomic E-state index is 0. The van der Waals surface area contributed by atoms with Crippen LogP contribution in [0, 0.1) is 0 Å². The molecule has 0 aromatic carbocycles. The number of carboxylic acid groups (broad SMARTS) is 1. The Morgan fingerprint density at radius 3 is 1.16 bits per heavy atom. The minimum Gasteiger partial charge on any atom is -0.550 e. The van der Waals surface area contributed by atoms with E-state index in [4.69, 9.17) is 10.2 Å². The molecule has 4 nitrogen and oxygen atoms in total. The number of hydrogen-bond acceptors (Lipinski definition) is 4. The summed E-state index contributed by atoms with van der Waals surface area (Å²) < 4.78 is 0. The van der Waals surface area contributed by atoms with Gasteiger partial charge in [-0.05, 0) is 12.8 Å². The van der Waals surface area contributed by atoms with Gasteiger partial charge in [0.2, 0.25) is 0 Å². The Balaban J connectivity index is -0.000000867. The summed E-state index contributed by atoms with van der Waals surface area (Å²) in [5.41, 5.74) is 0. The first-order valence-corrected chi connectivity index (χ1v) is 10.1. The molecule has 0 fully saturated rings. The van der Waals surface area contributed by atoms with Crippen LogP contribution in [0.2, 0.25) is 0 Å². The van der Waals surface area contributed by atoms with E-state index in [1.54, 1.807) is 0 Å². The molecule has 0 amide bonds. The number of aliphatic hydroxyl groups excluding tert-OH is 2. The topological polar surface area (TPSA) is 80.6 Å². The molecule has 146 valence electrons. The molecule has 0 heterocycles. The third kappa shape index (κ3) is 36.2. The van der Waals surface area contributed by atoms with Crippen LogP contribution in [-0.2, 0) is 4.79 Å². The third-order valence-electron chi connectivity index (χ3n) is 4.08. The zero-order chi connectivity index (χ0) is 18.3. The van der Waals surface area contributed by atoms with Crippen LogP contribution in [0.5, 0.6) is 0 Å². The van der Waals surface area contributed by atoms with Crippen molar-refractivity contribution in [2.45, 2.75) is 110 Å². The Kier molecular flexibility index (Phi) is 35.1. The van der Waals surface area contributed by atoms with Crippen molar-refractivity contribution in [3.05, 3.63) is 0 Å². The first-order chi connectivity index (χ1) is 11.7. The van der Waals surface area contributed by atoms with E-state index >= 15 is 0 Å². The Labute approximate surface area is 178 Å². The second kappa shape index (κ2) is 29.2. The molecular weight excluding hydrogens is 327 g/mol. The maximum atomic E-state index is 10.2. The molecule has 0 radical (unpaired) electrons. The van der Waals surface area contributed by atoms with Gasteiger partial charge in [-0.1, -0.05) is 96.8 Å². The van der Waals surface area contributed by atoms with Gasteiger partial charge in [-0.2, -0.15) is 0 Å². The minimum atomic E-state index is -0.903. The zero-order valence-electron chi connectivity index (χ0n) is 16.9. The van der Waals surface area contributed by atoms with Crippen molar-refractivity contribution >= 4 is 5.97 Å². The number of aliphatic carboxylic acids is 1. The van der Waals surface area contributed by atoms with Gasteiger partial charge in [-0.25, -0.2) is 0 Å². The molecule has 0 aromatic heterocycles. The summed E-state index contributed by atoms with van der Waals surface area (Å²) in [5, 5.41) is 25.5. The molecule has 0 saturated heterocycles. The van der Waals surface area contributed by atoms with Gasteiger partial charge >= 0.3 is 29.6 Å². The smallest absolute Gasteiger partial charge is 0.550 e. The molecule has 0 aliphatic carbocycles. The van der Waals surface area contributed by atoms with Crippen LogP contribution < -0.4 is 34.7 Å². The maximum Gasteiger partial charge on any atom is 1.00 e. The number of carbonyl (C=O) groups is 1. The zero-order valence-corrected chi connectivity index (χ0v) is 18.9. The van der Waals surface area contributed by atoms with Crippen molar-refractivity contribution in [2.24, 2.45) is 0 Å². The average Bonchev–Trinajstić information content (AvgIpc) is 2.58. The first-order valence-electron chi connectivity index (χ1n) is 10.1. The van der Waals surface area contributed by atoms with E-state index in [1.807, 2.05) is 0 Å². The fourth-order valence-corrected chi connectivity index (χ4v) is 2.64. The Morgan fingerprint density at radius 2 is 0.920 bits per heavy atom. The molecule has 0 bridgehead atoms. The van der Waals surface area contributed by atoms with E-state index in [-0.39, 0.29) is 49.2 Å². The quantitative estimate of drug-likeness (QED) is 0.296. The van der Waals surface area contributed by atoms with Crippen molar-refractivity contribution in [1.82, 2.24) is 0 Å². The molecule has 5 heteroatoms. The predicted octanol–water partition coefficient (Wildman–Crippen LogP) is 0.973. The van der Waals surface area contributed by atoms with Crippen LogP contribution in [0.4, 0.5) is 0 Å². The number of unbranched alkanes of at least 4 members (excludes halogenated alkanes) is 14. The summed E-state index contributed by atoms with van der Waals surface area (Å²) in [6.45, 7) is 2.02. The van der Waals surface area contributed by atoms with Crippen molar-refractivity contribution in [2.75, 3.05) is 13.2 Å². The number of hydrogen-bond donors (Lipinski definition) is 2. The van der Waals surface area contributed by atoms with Crippen LogP contribution in [0.1, 0.15) is 110 Å². The number of carboxylic acids is 1. The summed E-state index contributed by atoms with van der Waals surface area (Å²) in [4.78, 5) is 10.2. The summed E-state index contributed by atoms with van der Waals surface area (Å²) in [5.74, 6) is -0.903. The Hall–Kier alpha value is 0.390. The van der Waals surface area contributed by atoms with Gasteiger partial charge in [0.05, 0.1) is 13.2 Å². The van der Waals surface area contributed by atoms with Crippen LogP contribution in [0.15, 0.2) is 0 Å². The van der Waals surface area contributed by atoms with Crippen LogP contribution >= 0.6 is 0 Å². The summed E-state index contributed by atoms with van der Waals surface area (Å²) >= 11 is 0. The molecule has 0 spiro atoms. The summed E-state index contributed by atoms with van der Waals surface area (Å²) in [6.07, 6.45) is 19.9. The molecule has 2 N–H and O–H groups in total. The normalized spacial score (nSPS) is 9.88. The molecule has 25 heavy (non-hydrogen) atoms. The van der Waals surface area contributed by atoms with Crippen molar-refractivity contribution in [3.8, 4) is 0 Å². The molecular formula is C20H41NaO4. The standard InChI is InChI=1S/C18H36O2.C2H6O2.Na/c1-2-3-4-5-6-7-8-9-10-11-12-13-14-15-16-17-18(19)20;3-1-2-4;/h2-17H2,1H3,(H,19,20);3-4H,1-2H2;/q;;+1/p-1.